The summed E-state index contributed by atoms with van der Waals surface area (Å²) < 4.78 is 57.4. The van der Waals surface area contributed by atoms with E-state index in [9.17, 15) is 16.8 Å². The molecule has 1 saturated heterocycles. The number of ether oxygens (including phenoxy) is 1. The minimum atomic E-state index is -3.67. The lowest BCUT2D eigenvalue weighted by Gasteiger charge is -2.34. The quantitative estimate of drug-likeness (QED) is 0.789. The zero-order valence-corrected chi connectivity index (χ0v) is 15.3. The van der Waals surface area contributed by atoms with Crippen molar-refractivity contribution in [2.45, 2.75) is 35.8 Å². The Kier molecular flexibility index (Phi) is 5.17. The largest absolute Gasteiger partial charge is 0.373 e. The maximum absolute atomic E-state index is 12.7. The third-order valence-electron chi connectivity index (χ3n) is 3.63. The first-order valence-corrected chi connectivity index (χ1v) is 10.1. The molecule has 1 heterocycles. The van der Waals surface area contributed by atoms with Gasteiger partial charge in [0.1, 0.15) is 0 Å². The van der Waals surface area contributed by atoms with Gasteiger partial charge < -0.3 is 4.74 Å². The zero-order chi connectivity index (χ0) is 17.4. The summed E-state index contributed by atoms with van der Waals surface area (Å²) >= 11 is 0. The molecule has 1 aromatic carbocycles. The highest BCUT2D eigenvalue weighted by molar-refractivity contribution is 7.89. The average molecular weight is 362 g/mol. The van der Waals surface area contributed by atoms with Crippen LogP contribution in [0.15, 0.2) is 34.1 Å². The topological polar surface area (TPSA) is 84.0 Å². The number of morpholine rings is 1. The summed E-state index contributed by atoms with van der Waals surface area (Å²) in [6, 6.07) is 5.29. The number of nitrogens with zero attached hydrogens (tertiary/aromatic N) is 2. The van der Waals surface area contributed by atoms with Crippen molar-refractivity contribution in [3.05, 3.63) is 24.3 Å². The Morgan fingerprint density at radius 1 is 0.957 bits per heavy atom. The lowest BCUT2D eigenvalue weighted by atomic mass is 10.3. The summed E-state index contributed by atoms with van der Waals surface area (Å²) in [5, 5.41) is 0. The predicted octanol–water partition coefficient (Wildman–Crippen LogP) is 0.735. The highest BCUT2D eigenvalue weighted by Gasteiger charge is 2.32. The van der Waals surface area contributed by atoms with Gasteiger partial charge in [0.05, 0.1) is 22.0 Å². The fourth-order valence-electron chi connectivity index (χ4n) is 2.47. The molecule has 9 heteroatoms. The molecule has 0 aromatic heterocycles. The summed E-state index contributed by atoms with van der Waals surface area (Å²) in [5.74, 6) is 0. The van der Waals surface area contributed by atoms with Gasteiger partial charge in [-0.3, -0.25) is 0 Å². The monoisotopic (exact) mass is 362 g/mol. The van der Waals surface area contributed by atoms with Crippen molar-refractivity contribution in [2.75, 3.05) is 27.2 Å². The molecule has 0 spiro atoms. The number of hydrogen-bond acceptors (Lipinski definition) is 5. The van der Waals surface area contributed by atoms with E-state index in [0.717, 1.165) is 4.31 Å². The Balaban J connectivity index is 2.31. The van der Waals surface area contributed by atoms with Gasteiger partial charge in [-0.05, 0) is 38.1 Å². The molecule has 1 fully saturated rings. The van der Waals surface area contributed by atoms with Crippen molar-refractivity contribution >= 4 is 20.0 Å². The average Bonchev–Trinajstić information content (AvgIpc) is 2.46. The predicted molar refractivity (Wildman–Crippen MR) is 86.1 cm³/mol. The molecule has 1 aromatic rings. The Bertz CT molecular complexity index is 747. The van der Waals surface area contributed by atoms with E-state index in [0.29, 0.717) is 0 Å². The summed E-state index contributed by atoms with van der Waals surface area (Å²) in [6.45, 7) is 4.21. The Morgan fingerprint density at radius 2 is 1.39 bits per heavy atom. The van der Waals surface area contributed by atoms with Crippen LogP contribution in [0.1, 0.15) is 13.8 Å². The summed E-state index contributed by atoms with van der Waals surface area (Å²) in [6.07, 6.45) is -0.358. The molecule has 0 radical (unpaired) electrons. The zero-order valence-electron chi connectivity index (χ0n) is 13.6. The van der Waals surface area contributed by atoms with Crippen LogP contribution < -0.4 is 0 Å². The van der Waals surface area contributed by atoms with E-state index in [2.05, 4.69) is 0 Å². The molecule has 130 valence electrons. The van der Waals surface area contributed by atoms with Gasteiger partial charge in [0, 0.05) is 27.2 Å². The molecule has 0 N–H and O–H groups in total. The first-order chi connectivity index (χ1) is 10.5. The normalized spacial score (nSPS) is 24.0. The Morgan fingerprint density at radius 3 is 1.83 bits per heavy atom. The standard InChI is InChI=1S/C14H22N2O5S2/c1-11-9-16(10-12(2)21-11)23(19,20)14-7-5-13(6-8-14)22(17,18)15(3)4/h5-8,11-12H,9-10H2,1-4H3/t11-,12-/m0/s1. The first-order valence-electron chi connectivity index (χ1n) is 7.23. The molecule has 1 aliphatic heterocycles. The van der Waals surface area contributed by atoms with E-state index in [1.165, 1.54) is 42.7 Å². The molecule has 1 aliphatic rings. The SMILES string of the molecule is C[C@H]1CN(S(=O)(=O)c2ccc(S(=O)(=O)N(C)C)cc2)C[C@H](C)O1. The minimum Gasteiger partial charge on any atom is -0.373 e. The van der Waals surface area contributed by atoms with Crippen molar-refractivity contribution in [1.29, 1.82) is 0 Å². The van der Waals surface area contributed by atoms with Crippen LogP contribution in [0, 0.1) is 0 Å². The fraction of sp³-hybridized carbons (Fsp3) is 0.571. The highest BCUT2D eigenvalue weighted by Crippen LogP contribution is 2.23. The lowest BCUT2D eigenvalue weighted by Crippen LogP contribution is -2.48. The van der Waals surface area contributed by atoms with Crippen LogP contribution in [0.2, 0.25) is 0 Å². The van der Waals surface area contributed by atoms with Gasteiger partial charge in [-0.2, -0.15) is 4.31 Å². The molecule has 7 nitrogen and oxygen atoms in total. The molecule has 23 heavy (non-hydrogen) atoms. The van der Waals surface area contributed by atoms with Crippen LogP contribution in [0.5, 0.6) is 0 Å². The maximum Gasteiger partial charge on any atom is 0.243 e. The smallest absolute Gasteiger partial charge is 0.243 e. The van der Waals surface area contributed by atoms with Gasteiger partial charge in [0.25, 0.3) is 0 Å². The van der Waals surface area contributed by atoms with E-state index < -0.39 is 20.0 Å². The molecule has 2 rings (SSSR count). The van der Waals surface area contributed by atoms with Gasteiger partial charge in [-0.15, -0.1) is 0 Å². The molecular weight excluding hydrogens is 340 g/mol. The number of rotatable bonds is 4. The Labute approximate surface area is 137 Å². The number of benzene rings is 1. The third kappa shape index (κ3) is 3.74. The second-order valence-electron chi connectivity index (χ2n) is 5.84. The van der Waals surface area contributed by atoms with E-state index in [-0.39, 0.29) is 35.1 Å². The number of hydrogen-bond donors (Lipinski definition) is 0. The van der Waals surface area contributed by atoms with Crippen LogP contribution in [0.3, 0.4) is 0 Å². The van der Waals surface area contributed by atoms with Gasteiger partial charge in [0.2, 0.25) is 20.0 Å². The van der Waals surface area contributed by atoms with Gasteiger partial charge in [-0.25, -0.2) is 21.1 Å². The van der Waals surface area contributed by atoms with Crippen molar-refractivity contribution in [1.82, 2.24) is 8.61 Å². The van der Waals surface area contributed by atoms with Crippen molar-refractivity contribution in [2.24, 2.45) is 0 Å². The molecule has 0 unspecified atom stereocenters. The van der Waals surface area contributed by atoms with Gasteiger partial charge in [-0.1, -0.05) is 0 Å². The molecule has 0 amide bonds. The maximum atomic E-state index is 12.7. The molecule has 0 aliphatic carbocycles. The second-order valence-corrected chi connectivity index (χ2v) is 9.93. The van der Waals surface area contributed by atoms with Crippen LogP contribution >= 0.6 is 0 Å². The van der Waals surface area contributed by atoms with Crippen molar-refractivity contribution in [3.8, 4) is 0 Å². The van der Waals surface area contributed by atoms with E-state index in [1.54, 1.807) is 0 Å². The van der Waals surface area contributed by atoms with E-state index in [4.69, 9.17) is 4.74 Å². The van der Waals surface area contributed by atoms with E-state index >= 15 is 0 Å². The summed E-state index contributed by atoms with van der Waals surface area (Å²) in [5.41, 5.74) is 0. The molecular formula is C14H22N2O5S2. The highest BCUT2D eigenvalue weighted by atomic mass is 32.2. The molecule has 2 atom stereocenters. The van der Waals surface area contributed by atoms with Crippen LogP contribution in [0.4, 0.5) is 0 Å². The van der Waals surface area contributed by atoms with E-state index in [1.807, 2.05) is 13.8 Å². The lowest BCUT2D eigenvalue weighted by molar-refractivity contribution is -0.0440. The van der Waals surface area contributed by atoms with Crippen molar-refractivity contribution in [3.63, 3.8) is 0 Å². The fourth-order valence-corrected chi connectivity index (χ4v) is 4.96. The van der Waals surface area contributed by atoms with Gasteiger partial charge in [0.15, 0.2) is 0 Å². The summed E-state index contributed by atoms with van der Waals surface area (Å²) in [4.78, 5) is 0.140. The minimum absolute atomic E-state index is 0.0603. The van der Waals surface area contributed by atoms with Gasteiger partial charge >= 0.3 is 0 Å². The number of sulfonamides is 2. The third-order valence-corrected chi connectivity index (χ3v) is 7.30. The van der Waals surface area contributed by atoms with Crippen LogP contribution in [0.25, 0.3) is 0 Å². The molecule has 0 saturated carbocycles. The van der Waals surface area contributed by atoms with Crippen LogP contribution in [-0.4, -0.2) is 64.8 Å². The second kappa shape index (κ2) is 6.48. The van der Waals surface area contributed by atoms with Crippen LogP contribution in [-0.2, 0) is 24.8 Å². The first kappa shape index (κ1) is 18.3. The molecule has 0 bridgehead atoms. The Hall–Kier alpha value is -1.00. The summed E-state index contributed by atoms with van der Waals surface area (Å²) in [7, 11) is -4.39. The van der Waals surface area contributed by atoms with Crippen molar-refractivity contribution < 1.29 is 21.6 Å².